The molecule has 0 amide bonds. The number of hydrogen-bond donors (Lipinski definition) is 1. The van der Waals surface area contributed by atoms with Crippen LogP contribution in [-0.2, 0) is 6.42 Å². The highest BCUT2D eigenvalue weighted by atomic mass is 35.5. The summed E-state index contributed by atoms with van der Waals surface area (Å²) < 4.78 is 6.09. The summed E-state index contributed by atoms with van der Waals surface area (Å²) in [5.41, 5.74) is 0. The Kier molecular flexibility index (Phi) is 4.27. The first-order valence-corrected chi connectivity index (χ1v) is 7.86. The zero-order valence-electron chi connectivity index (χ0n) is 11.6. The van der Waals surface area contributed by atoms with Gasteiger partial charge >= 0.3 is 0 Å². The van der Waals surface area contributed by atoms with E-state index >= 15 is 0 Å². The standard InChI is InChI=1S/C16H15ClN2OS/c1-20-12-2-4-14-11(10-12)6-8-18-16(14)19-9-7-13-3-5-15(17)21-13/h2-6,8,10H,7,9H2,1H3,(H,18,19). The summed E-state index contributed by atoms with van der Waals surface area (Å²) in [4.78, 5) is 5.70. The van der Waals surface area contributed by atoms with E-state index in [9.17, 15) is 0 Å². The number of fused-ring (bicyclic) bond motifs is 1. The summed E-state index contributed by atoms with van der Waals surface area (Å²) in [7, 11) is 1.67. The van der Waals surface area contributed by atoms with E-state index < -0.39 is 0 Å². The lowest BCUT2D eigenvalue weighted by atomic mass is 10.1. The summed E-state index contributed by atoms with van der Waals surface area (Å²) in [5, 5.41) is 5.61. The van der Waals surface area contributed by atoms with Crippen molar-refractivity contribution in [3.8, 4) is 5.75 Å². The number of rotatable bonds is 5. The van der Waals surface area contributed by atoms with Crippen LogP contribution in [0.4, 0.5) is 5.82 Å². The number of hydrogen-bond acceptors (Lipinski definition) is 4. The van der Waals surface area contributed by atoms with E-state index in [4.69, 9.17) is 16.3 Å². The van der Waals surface area contributed by atoms with Crippen LogP contribution in [0.5, 0.6) is 5.75 Å². The highest BCUT2D eigenvalue weighted by Crippen LogP contribution is 2.26. The Labute approximate surface area is 132 Å². The van der Waals surface area contributed by atoms with Crippen molar-refractivity contribution in [3.63, 3.8) is 0 Å². The molecule has 0 aliphatic carbocycles. The van der Waals surface area contributed by atoms with Crippen molar-refractivity contribution in [2.24, 2.45) is 0 Å². The zero-order valence-corrected chi connectivity index (χ0v) is 13.2. The molecule has 3 nitrogen and oxygen atoms in total. The second-order valence-electron chi connectivity index (χ2n) is 4.63. The second-order valence-corrected chi connectivity index (χ2v) is 6.43. The molecular formula is C16H15ClN2OS. The maximum atomic E-state index is 5.94. The molecule has 1 N–H and O–H groups in total. The predicted molar refractivity (Wildman–Crippen MR) is 89.8 cm³/mol. The minimum Gasteiger partial charge on any atom is -0.497 e. The lowest BCUT2D eigenvalue weighted by Crippen LogP contribution is -2.05. The van der Waals surface area contributed by atoms with Crippen molar-refractivity contribution in [2.75, 3.05) is 19.0 Å². The van der Waals surface area contributed by atoms with E-state index in [1.165, 1.54) is 4.88 Å². The molecule has 2 aromatic heterocycles. The van der Waals surface area contributed by atoms with Gasteiger partial charge in [-0.05, 0) is 48.2 Å². The Bertz CT molecular complexity index is 757. The van der Waals surface area contributed by atoms with Crippen LogP contribution >= 0.6 is 22.9 Å². The van der Waals surface area contributed by atoms with Crippen molar-refractivity contribution >= 4 is 39.5 Å². The van der Waals surface area contributed by atoms with Gasteiger partial charge < -0.3 is 10.1 Å². The van der Waals surface area contributed by atoms with Crippen molar-refractivity contribution in [1.29, 1.82) is 0 Å². The van der Waals surface area contributed by atoms with Crippen LogP contribution in [0.15, 0.2) is 42.6 Å². The van der Waals surface area contributed by atoms with Crippen molar-refractivity contribution in [1.82, 2.24) is 4.98 Å². The van der Waals surface area contributed by atoms with Gasteiger partial charge in [-0.3, -0.25) is 0 Å². The summed E-state index contributed by atoms with van der Waals surface area (Å²) in [6.07, 6.45) is 2.75. The molecule has 0 unspecified atom stereocenters. The maximum Gasteiger partial charge on any atom is 0.133 e. The van der Waals surface area contributed by atoms with Crippen LogP contribution in [0.25, 0.3) is 10.8 Å². The van der Waals surface area contributed by atoms with Crippen LogP contribution in [0.2, 0.25) is 4.34 Å². The Hall–Kier alpha value is -1.78. The van der Waals surface area contributed by atoms with Crippen LogP contribution in [0.3, 0.4) is 0 Å². The third-order valence-corrected chi connectivity index (χ3v) is 4.56. The van der Waals surface area contributed by atoms with E-state index in [1.807, 2.05) is 36.5 Å². The molecule has 0 radical (unpaired) electrons. The van der Waals surface area contributed by atoms with Crippen molar-refractivity contribution < 1.29 is 4.74 Å². The summed E-state index contributed by atoms with van der Waals surface area (Å²) in [6, 6.07) is 12.0. The van der Waals surface area contributed by atoms with E-state index in [-0.39, 0.29) is 0 Å². The number of methoxy groups -OCH3 is 1. The van der Waals surface area contributed by atoms with Crippen LogP contribution in [-0.4, -0.2) is 18.6 Å². The fourth-order valence-electron chi connectivity index (χ4n) is 2.21. The lowest BCUT2D eigenvalue weighted by molar-refractivity contribution is 0.415. The third kappa shape index (κ3) is 3.28. The lowest BCUT2D eigenvalue weighted by Gasteiger charge is -2.09. The van der Waals surface area contributed by atoms with Crippen molar-refractivity contribution in [2.45, 2.75) is 6.42 Å². The monoisotopic (exact) mass is 318 g/mol. The number of nitrogens with zero attached hydrogens (tertiary/aromatic N) is 1. The minimum atomic E-state index is 0.828. The predicted octanol–water partition coefficient (Wildman–Crippen LogP) is 4.61. The van der Waals surface area contributed by atoms with Crippen LogP contribution < -0.4 is 10.1 Å². The first-order chi connectivity index (χ1) is 10.3. The molecule has 0 bridgehead atoms. The van der Waals surface area contributed by atoms with E-state index in [1.54, 1.807) is 18.4 Å². The number of ether oxygens (including phenoxy) is 1. The smallest absolute Gasteiger partial charge is 0.133 e. The van der Waals surface area contributed by atoms with Gasteiger partial charge in [0.05, 0.1) is 11.4 Å². The van der Waals surface area contributed by atoms with E-state index in [0.29, 0.717) is 0 Å². The zero-order chi connectivity index (χ0) is 14.7. The number of benzene rings is 1. The molecule has 0 fully saturated rings. The minimum absolute atomic E-state index is 0.828. The average Bonchev–Trinajstić information content (AvgIpc) is 2.92. The maximum absolute atomic E-state index is 5.94. The molecule has 5 heteroatoms. The third-order valence-electron chi connectivity index (χ3n) is 3.26. The van der Waals surface area contributed by atoms with E-state index in [2.05, 4.69) is 16.4 Å². The highest BCUT2D eigenvalue weighted by Gasteiger charge is 2.04. The molecule has 0 atom stereocenters. The van der Waals surface area contributed by atoms with Crippen molar-refractivity contribution in [3.05, 3.63) is 51.8 Å². The molecule has 3 aromatic rings. The molecule has 0 aliphatic rings. The normalized spacial score (nSPS) is 10.8. The van der Waals surface area contributed by atoms with Crippen LogP contribution in [0, 0.1) is 0 Å². The quantitative estimate of drug-likeness (QED) is 0.745. The van der Waals surface area contributed by atoms with Gasteiger partial charge in [0.25, 0.3) is 0 Å². The summed E-state index contributed by atoms with van der Waals surface area (Å²) in [6.45, 7) is 0.828. The van der Waals surface area contributed by atoms with E-state index in [0.717, 1.165) is 39.6 Å². The van der Waals surface area contributed by atoms with Crippen LogP contribution in [0.1, 0.15) is 4.88 Å². The molecule has 0 saturated heterocycles. The first-order valence-electron chi connectivity index (χ1n) is 6.67. The number of aromatic nitrogens is 1. The van der Waals surface area contributed by atoms with Gasteiger partial charge in [0, 0.05) is 23.0 Å². The molecular weight excluding hydrogens is 304 g/mol. The Morgan fingerprint density at radius 2 is 2.14 bits per heavy atom. The molecule has 21 heavy (non-hydrogen) atoms. The number of halogens is 1. The first kappa shape index (κ1) is 14.2. The fraction of sp³-hybridized carbons (Fsp3) is 0.188. The summed E-state index contributed by atoms with van der Waals surface area (Å²) >= 11 is 7.56. The average molecular weight is 319 g/mol. The molecule has 108 valence electrons. The van der Waals surface area contributed by atoms with Gasteiger partial charge in [-0.1, -0.05) is 11.6 Å². The van der Waals surface area contributed by atoms with Gasteiger partial charge in [-0.25, -0.2) is 4.98 Å². The molecule has 0 aliphatic heterocycles. The molecule has 0 saturated carbocycles. The Morgan fingerprint density at radius 1 is 1.24 bits per heavy atom. The molecule has 1 aromatic carbocycles. The SMILES string of the molecule is COc1ccc2c(NCCc3ccc(Cl)s3)nccc2c1. The Morgan fingerprint density at radius 3 is 2.90 bits per heavy atom. The Balaban J connectivity index is 1.74. The van der Waals surface area contributed by atoms with Gasteiger partial charge in [0.2, 0.25) is 0 Å². The van der Waals surface area contributed by atoms with Gasteiger partial charge in [0.1, 0.15) is 11.6 Å². The summed E-state index contributed by atoms with van der Waals surface area (Å²) in [5.74, 6) is 1.76. The fourth-order valence-corrected chi connectivity index (χ4v) is 3.30. The second kappa shape index (κ2) is 6.33. The van der Waals surface area contributed by atoms with Gasteiger partial charge in [-0.2, -0.15) is 0 Å². The number of pyridine rings is 1. The molecule has 0 spiro atoms. The molecule has 3 rings (SSSR count). The highest BCUT2D eigenvalue weighted by molar-refractivity contribution is 7.16. The topological polar surface area (TPSA) is 34.1 Å². The van der Waals surface area contributed by atoms with Gasteiger partial charge in [-0.15, -0.1) is 11.3 Å². The largest absolute Gasteiger partial charge is 0.497 e. The number of anilines is 1. The number of nitrogens with one attached hydrogen (secondary N) is 1. The van der Waals surface area contributed by atoms with Gasteiger partial charge in [0.15, 0.2) is 0 Å². The number of thiophene rings is 1. The molecule has 2 heterocycles.